The molecule has 2 aromatic carbocycles. The van der Waals surface area contributed by atoms with Gasteiger partial charge in [-0.1, -0.05) is 12.2 Å². The molecule has 11 heteroatoms. The van der Waals surface area contributed by atoms with Crippen LogP contribution in [-0.4, -0.2) is 61.4 Å². The Hall–Kier alpha value is -4.79. The number of carboxylic acid groups (broad SMARTS) is 1. The molecule has 45 heavy (non-hydrogen) atoms. The number of pyridine rings is 1. The molecule has 2 fully saturated rings. The van der Waals surface area contributed by atoms with Crippen LogP contribution in [0.3, 0.4) is 0 Å². The number of likely N-dealkylation sites (tertiary alicyclic amines) is 1. The Bertz CT molecular complexity index is 1830. The molecule has 0 saturated carbocycles. The number of imidazole rings is 1. The van der Waals surface area contributed by atoms with Crippen molar-refractivity contribution in [3.05, 3.63) is 95.3 Å². The van der Waals surface area contributed by atoms with E-state index < -0.39 is 11.8 Å². The molecule has 2 saturated heterocycles. The molecule has 10 nitrogen and oxygen atoms in total. The molecule has 230 valence electrons. The Morgan fingerprint density at radius 3 is 2.78 bits per heavy atom. The molecule has 4 heterocycles. The second-order valence-electron chi connectivity index (χ2n) is 11.8. The number of carboxylic acids is 1. The zero-order chi connectivity index (χ0) is 31.0. The van der Waals surface area contributed by atoms with Crippen molar-refractivity contribution in [2.75, 3.05) is 13.2 Å². The number of hydrogen-bond acceptors (Lipinski definition) is 8. The highest BCUT2D eigenvalue weighted by Crippen LogP contribution is 2.41. The molecule has 3 aliphatic rings. The summed E-state index contributed by atoms with van der Waals surface area (Å²) in [5.74, 6) is 0.0888. The Morgan fingerprint density at radius 2 is 2.07 bits per heavy atom. The van der Waals surface area contributed by atoms with E-state index in [9.17, 15) is 14.3 Å². The third kappa shape index (κ3) is 5.87. The fourth-order valence-electron chi connectivity index (χ4n) is 6.33. The summed E-state index contributed by atoms with van der Waals surface area (Å²) in [5, 5.41) is 18.5. The molecule has 1 N–H and O–H groups in total. The van der Waals surface area contributed by atoms with E-state index in [0.29, 0.717) is 24.5 Å². The Labute approximate surface area is 259 Å². The number of nitriles is 1. The number of ether oxygens (including phenoxy) is 3. The standard InChI is InChI=1S/C34H32FN5O5/c35-28-14-22(18-36)2-5-31(28)44-21-24-16-25(6-11-37-24)45-26-7-12-39(34(17-26)9-1-10-34)20-32-38-29-4-3-23(33(41)42)15-30(29)40(32)19-27-8-13-43-27/h1-6,9,11,14-16,26-27H,7-8,10,12-13,17,19-21H2,(H,41,42)/t26-,27-,34-/m0/s1. The minimum absolute atomic E-state index is 0.0151. The molecule has 7 rings (SSSR count). The number of rotatable bonds is 10. The maximum absolute atomic E-state index is 14.2. The summed E-state index contributed by atoms with van der Waals surface area (Å²) in [5.41, 5.74) is 2.52. The molecule has 2 aliphatic heterocycles. The summed E-state index contributed by atoms with van der Waals surface area (Å²) in [7, 11) is 0. The van der Waals surface area contributed by atoms with E-state index in [2.05, 4.69) is 26.6 Å². The van der Waals surface area contributed by atoms with Crippen LogP contribution >= 0.6 is 0 Å². The molecule has 4 aromatic rings. The highest BCUT2D eigenvalue weighted by molar-refractivity contribution is 5.92. The van der Waals surface area contributed by atoms with Crippen molar-refractivity contribution in [3.8, 4) is 17.6 Å². The van der Waals surface area contributed by atoms with Crippen molar-refractivity contribution in [1.82, 2.24) is 19.4 Å². The number of piperidine rings is 1. The van der Waals surface area contributed by atoms with Gasteiger partial charge in [0.1, 0.15) is 24.3 Å². The molecule has 0 radical (unpaired) electrons. The number of carbonyl (C=O) groups is 1. The van der Waals surface area contributed by atoms with Crippen molar-refractivity contribution in [3.63, 3.8) is 0 Å². The van der Waals surface area contributed by atoms with Crippen molar-refractivity contribution in [2.45, 2.75) is 63.1 Å². The Morgan fingerprint density at radius 1 is 1.20 bits per heavy atom. The lowest BCUT2D eigenvalue weighted by atomic mass is 9.75. The van der Waals surface area contributed by atoms with Gasteiger partial charge in [-0.15, -0.1) is 0 Å². The summed E-state index contributed by atoms with van der Waals surface area (Å²) in [4.78, 5) is 23.5. The first-order valence-corrected chi connectivity index (χ1v) is 15.1. The van der Waals surface area contributed by atoms with E-state index in [1.54, 1.807) is 24.4 Å². The van der Waals surface area contributed by atoms with Crippen molar-refractivity contribution >= 4 is 17.0 Å². The molecule has 1 aliphatic carbocycles. The minimum Gasteiger partial charge on any atom is -0.490 e. The lowest BCUT2D eigenvalue weighted by Gasteiger charge is -2.51. The third-order valence-corrected chi connectivity index (χ3v) is 8.94. The average molecular weight is 610 g/mol. The van der Waals surface area contributed by atoms with Crippen LogP contribution in [-0.2, 0) is 24.4 Å². The monoisotopic (exact) mass is 609 g/mol. The first kappa shape index (κ1) is 29.0. The fraction of sp³-hybridized carbons (Fsp3) is 0.353. The van der Waals surface area contributed by atoms with Gasteiger partial charge in [0, 0.05) is 37.4 Å². The second-order valence-corrected chi connectivity index (χ2v) is 11.8. The molecular formula is C34H32FN5O5. The van der Waals surface area contributed by atoms with Crippen molar-refractivity contribution < 1.29 is 28.5 Å². The quantitative estimate of drug-likeness (QED) is 0.240. The maximum Gasteiger partial charge on any atom is 0.335 e. The highest BCUT2D eigenvalue weighted by atomic mass is 19.1. The number of aromatic nitrogens is 3. The van der Waals surface area contributed by atoms with E-state index >= 15 is 0 Å². The number of nitrogens with zero attached hydrogens (tertiary/aromatic N) is 5. The van der Waals surface area contributed by atoms with Crippen LogP contribution in [0.4, 0.5) is 4.39 Å². The van der Waals surface area contributed by atoms with Crippen LogP contribution in [0.1, 0.15) is 53.1 Å². The van der Waals surface area contributed by atoms with Crippen molar-refractivity contribution in [1.29, 1.82) is 5.26 Å². The van der Waals surface area contributed by atoms with Crippen molar-refractivity contribution in [2.24, 2.45) is 0 Å². The van der Waals surface area contributed by atoms with Crippen LogP contribution in [0, 0.1) is 17.1 Å². The van der Waals surface area contributed by atoms with Crippen LogP contribution in [0.15, 0.2) is 66.9 Å². The van der Waals surface area contributed by atoms with Gasteiger partial charge in [0.05, 0.1) is 53.1 Å². The molecule has 0 amide bonds. The highest BCUT2D eigenvalue weighted by Gasteiger charge is 2.44. The lowest BCUT2D eigenvalue weighted by Crippen LogP contribution is -2.57. The summed E-state index contributed by atoms with van der Waals surface area (Å²) in [6, 6.07) is 14.7. The summed E-state index contributed by atoms with van der Waals surface area (Å²) in [6.45, 7) is 2.88. The van der Waals surface area contributed by atoms with Gasteiger partial charge in [-0.25, -0.2) is 14.2 Å². The largest absolute Gasteiger partial charge is 0.490 e. The lowest BCUT2D eigenvalue weighted by molar-refractivity contribution is -0.0596. The first-order chi connectivity index (χ1) is 21.9. The molecule has 3 atom stereocenters. The van der Waals surface area contributed by atoms with E-state index in [-0.39, 0.29) is 41.2 Å². The fourth-order valence-corrected chi connectivity index (χ4v) is 6.33. The van der Waals surface area contributed by atoms with Gasteiger partial charge >= 0.3 is 5.97 Å². The molecule has 2 aromatic heterocycles. The molecular weight excluding hydrogens is 577 g/mol. The van der Waals surface area contributed by atoms with E-state index in [1.165, 1.54) is 12.1 Å². The number of halogens is 1. The van der Waals surface area contributed by atoms with E-state index in [0.717, 1.165) is 61.8 Å². The predicted molar refractivity (Wildman–Crippen MR) is 161 cm³/mol. The second kappa shape index (κ2) is 12.0. The summed E-state index contributed by atoms with van der Waals surface area (Å²) >= 11 is 0. The number of aromatic carboxylic acids is 1. The number of fused-ring (bicyclic) bond motifs is 1. The van der Waals surface area contributed by atoms with Crippen LogP contribution in [0.2, 0.25) is 0 Å². The van der Waals surface area contributed by atoms with E-state index in [1.807, 2.05) is 18.2 Å². The van der Waals surface area contributed by atoms with Gasteiger partial charge < -0.3 is 23.9 Å². The van der Waals surface area contributed by atoms with E-state index in [4.69, 9.17) is 24.5 Å². The van der Waals surface area contributed by atoms with Crippen LogP contribution in [0.5, 0.6) is 11.5 Å². The average Bonchev–Trinajstić information content (AvgIpc) is 3.34. The van der Waals surface area contributed by atoms with Gasteiger partial charge in [-0.05, 0) is 61.7 Å². The summed E-state index contributed by atoms with van der Waals surface area (Å²) in [6.07, 6.45) is 9.69. The third-order valence-electron chi connectivity index (χ3n) is 8.94. The van der Waals surface area contributed by atoms with Gasteiger partial charge in [0.25, 0.3) is 0 Å². The number of benzene rings is 2. The van der Waals surface area contributed by atoms with Gasteiger partial charge in [0.15, 0.2) is 11.6 Å². The zero-order valence-corrected chi connectivity index (χ0v) is 24.6. The topological polar surface area (TPSA) is 123 Å². The van der Waals surface area contributed by atoms with Gasteiger partial charge in [0.2, 0.25) is 0 Å². The Kier molecular flexibility index (Phi) is 7.69. The number of hydrogen-bond donors (Lipinski definition) is 1. The SMILES string of the molecule is N#Cc1ccc(OCc2cc(O[C@H]3CCN(Cc4nc5ccc(C(=O)O)cc5n4C[C@@H]4CCO4)[C@]4(C=CC4)C3)ccn2)c(F)c1. The first-order valence-electron chi connectivity index (χ1n) is 15.1. The molecule has 0 bridgehead atoms. The maximum atomic E-state index is 14.2. The summed E-state index contributed by atoms with van der Waals surface area (Å²) < 4.78 is 34.2. The molecule has 0 unspecified atom stereocenters. The Balaban J connectivity index is 1.04. The minimum atomic E-state index is -0.958. The van der Waals surface area contributed by atoms with Gasteiger partial charge in [-0.3, -0.25) is 9.88 Å². The zero-order valence-electron chi connectivity index (χ0n) is 24.6. The molecule has 1 spiro atoms. The van der Waals surface area contributed by atoms with Gasteiger partial charge in [-0.2, -0.15) is 5.26 Å². The normalized spacial score (nSPS) is 22.5. The van der Waals surface area contributed by atoms with Crippen LogP contribution < -0.4 is 9.47 Å². The smallest absolute Gasteiger partial charge is 0.335 e. The predicted octanol–water partition coefficient (Wildman–Crippen LogP) is 5.25. The van der Waals surface area contributed by atoms with Crippen LogP contribution in [0.25, 0.3) is 11.0 Å².